The Bertz CT molecular complexity index is 613. The van der Waals surface area contributed by atoms with Gasteiger partial charge in [-0.15, -0.1) is 11.3 Å². The summed E-state index contributed by atoms with van der Waals surface area (Å²) < 4.78 is 18.9. The summed E-state index contributed by atoms with van der Waals surface area (Å²) in [5.41, 5.74) is 0.0660. The number of ether oxygens (including phenoxy) is 1. The number of amides is 1. The van der Waals surface area contributed by atoms with Crippen LogP contribution in [0.3, 0.4) is 0 Å². The molecule has 5 heteroatoms. The van der Waals surface area contributed by atoms with Crippen LogP contribution in [-0.2, 0) is 6.42 Å². The van der Waals surface area contributed by atoms with Crippen LogP contribution in [0.5, 0.6) is 5.75 Å². The first-order chi connectivity index (χ1) is 10.0. The fourth-order valence-corrected chi connectivity index (χ4v) is 2.87. The number of carbonyl (C=O) groups excluding carboxylic acids is 1. The van der Waals surface area contributed by atoms with E-state index in [1.807, 2.05) is 24.4 Å². The van der Waals surface area contributed by atoms with E-state index in [-0.39, 0.29) is 17.5 Å². The van der Waals surface area contributed by atoms with Crippen molar-refractivity contribution in [1.82, 2.24) is 4.90 Å². The Morgan fingerprint density at radius 2 is 2.19 bits per heavy atom. The number of hydrogen-bond acceptors (Lipinski definition) is 3. The Balaban J connectivity index is 2.11. The normalized spacial score (nSPS) is 12.0. The second-order valence-electron chi connectivity index (χ2n) is 4.89. The highest BCUT2D eigenvalue weighted by atomic mass is 32.1. The maximum atomic E-state index is 14.0. The van der Waals surface area contributed by atoms with Gasteiger partial charge < -0.3 is 9.64 Å². The van der Waals surface area contributed by atoms with Crippen molar-refractivity contribution in [3.8, 4) is 5.75 Å². The van der Waals surface area contributed by atoms with Crippen molar-refractivity contribution in [3.63, 3.8) is 0 Å². The van der Waals surface area contributed by atoms with Crippen molar-refractivity contribution >= 4 is 17.2 Å². The van der Waals surface area contributed by atoms with Crippen molar-refractivity contribution in [2.45, 2.75) is 19.4 Å². The first-order valence-electron chi connectivity index (χ1n) is 6.66. The summed E-state index contributed by atoms with van der Waals surface area (Å²) >= 11 is 1.66. The average Bonchev–Trinajstić information content (AvgIpc) is 2.98. The molecule has 0 fully saturated rings. The molecule has 0 radical (unpaired) electrons. The minimum Gasteiger partial charge on any atom is -0.497 e. The van der Waals surface area contributed by atoms with Gasteiger partial charge in [0.15, 0.2) is 0 Å². The van der Waals surface area contributed by atoms with Crippen LogP contribution in [0.25, 0.3) is 0 Å². The first-order valence-corrected chi connectivity index (χ1v) is 7.54. The third-order valence-electron chi connectivity index (χ3n) is 3.46. The lowest BCUT2D eigenvalue weighted by atomic mass is 10.1. The zero-order valence-corrected chi connectivity index (χ0v) is 13.1. The molecule has 2 rings (SSSR count). The quantitative estimate of drug-likeness (QED) is 0.844. The smallest absolute Gasteiger partial charge is 0.256 e. The highest BCUT2D eigenvalue weighted by Gasteiger charge is 2.21. The van der Waals surface area contributed by atoms with E-state index in [0.29, 0.717) is 5.75 Å². The molecule has 0 aliphatic carbocycles. The average molecular weight is 307 g/mol. The molecule has 1 aromatic heterocycles. The van der Waals surface area contributed by atoms with Gasteiger partial charge in [-0.1, -0.05) is 6.07 Å². The molecule has 1 atom stereocenters. The Kier molecular flexibility index (Phi) is 4.96. The van der Waals surface area contributed by atoms with Gasteiger partial charge in [0.2, 0.25) is 0 Å². The van der Waals surface area contributed by atoms with Crippen molar-refractivity contribution in [2.75, 3.05) is 14.2 Å². The summed E-state index contributed by atoms with van der Waals surface area (Å²) in [7, 11) is 3.16. The van der Waals surface area contributed by atoms with Gasteiger partial charge in [0.25, 0.3) is 5.91 Å². The number of likely N-dealkylation sites (N-methyl/N-ethyl adjacent to an activating group) is 1. The summed E-state index contributed by atoms with van der Waals surface area (Å²) in [6.45, 7) is 1.96. The van der Waals surface area contributed by atoms with E-state index in [2.05, 4.69) is 0 Å². The fourth-order valence-electron chi connectivity index (χ4n) is 2.04. The second kappa shape index (κ2) is 6.72. The van der Waals surface area contributed by atoms with Crippen LogP contribution >= 0.6 is 11.3 Å². The molecule has 0 N–H and O–H groups in total. The zero-order chi connectivity index (χ0) is 15.4. The molecule has 0 bridgehead atoms. The van der Waals surface area contributed by atoms with E-state index >= 15 is 0 Å². The van der Waals surface area contributed by atoms with Gasteiger partial charge in [-0.3, -0.25) is 4.79 Å². The molecule has 112 valence electrons. The Hall–Kier alpha value is -1.88. The molecule has 1 heterocycles. The number of rotatable bonds is 5. The van der Waals surface area contributed by atoms with Crippen LogP contribution in [-0.4, -0.2) is 31.0 Å². The number of halogens is 1. The fraction of sp³-hybridized carbons (Fsp3) is 0.312. The Labute approximate surface area is 128 Å². The van der Waals surface area contributed by atoms with Gasteiger partial charge in [-0.05, 0) is 30.5 Å². The molecule has 1 amide bonds. The number of nitrogens with zero attached hydrogens (tertiary/aromatic N) is 1. The molecular formula is C16H18FNO2S. The van der Waals surface area contributed by atoms with Crippen molar-refractivity contribution in [3.05, 3.63) is 52.0 Å². The third kappa shape index (κ3) is 3.61. The second-order valence-corrected chi connectivity index (χ2v) is 5.93. The molecule has 2 aromatic rings. The van der Waals surface area contributed by atoms with E-state index < -0.39 is 5.82 Å². The maximum Gasteiger partial charge on any atom is 0.256 e. The van der Waals surface area contributed by atoms with Crippen LogP contribution < -0.4 is 4.74 Å². The van der Waals surface area contributed by atoms with E-state index in [0.717, 1.165) is 6.42 Å². The van der Waals surface area contributed by atoms with Crippen molar-refractivity contribution in [2.24, 2.45) is 0 Å². The summed E-state index contributed by atoms with van der Waals surface area (Å²) in [6.07, 6.45) is 0.762. The number of thiophene rings is 1. The van der Waals surface area contributed by atoms with E-state index in [4.69, 9.17) is 4.74 Å². The number of methoxy groups -OCH3 is 1. The Morgan fingerprint density at radius 1 is 1.43 bits per heavy atom. The summed E-state index contributed by atoms with van der Waals surface area (Å²) in [4.78, 5) is 15.2. The molecule has 0 saturated carbocycles. The summed E-state index contributed by atoms with van der Waals surface area (Å²) in [5, 5.41) is 2.01. The predicted molar refractivity (Wildman–Crippen MR) is 82.5 cm³/mol. The topological polar surface area (TPSA) is 29.5 Å². The van der Waals surface area contributed by atoms with Crippen molar-refractivity contribution < 1.29 is 13.9 Å². The number of hydrogen-bond donors (Lipinski definition) is 0. The summed E-state index contributed by atoms with van der Waals surface area (Å²) in [5.74, 6) is -0.480. The highest BCUT2D eigenvalue weighted by Crippen LogP contribution is 2.19. The lowest BCUT2D eigenvalue weighted by molar-refractivity contribution is 0.0739. The van der Waals surface area contributed by atoms with Crippen LogP contribution in [0.1, 0.15) is 22.2 Å². The molecule has 21 heavy (non-hydrogen) atoms. The molecule has 3 nitrogen and oxygen atoms in total. The van der Waals surface area contributed by atoms with Gasteiger partial charge in [0, 0.05) is 30.5 Å². The lowest BCUT2D eigenvalue weighted by Gasteiger charge is -2.25. The minimum absolute atomic E-state index is 0.00217. The summed E-state index contributed by atoms with van der Waals surface area (Å²) in [6, 6.07) is 8.30. The van der Waals surface area contributed by atoms with Crippen LogP contribution in [0.2, 0.25) is 0 Å². The number of carbonyl (C=O) groups is 1. The molecule has 0 saturated heterocycles. The van der Waals surface area contributed by atoms with Crippen LogP contribution in [0.4, 0.5) is 4.39 Å². The van der Waals surface area contributed by atoms with Crippen LogP contribution in [0.15, 0.2) is 35.7 Å². The standard InChI is InChI=1S/C16H18FNO2S/c1-11(9-13-5-4-8-21-13)18(2)16(19)14-7-6-12(20-3)10-15(14)17/h4-8,10-11H,9H2,1-3H3. The highest BCUT2D eigenvalue weighted by molar-refractivity contribution is 7.09. The van der Waals surface area contributed by atoms with Gasteiger partial charge in [-0.25, -0.2) is 4.39 Å². The van der Waals surface area contributed by atoms with E-state index in [1.165, 1.54) is 24.1 Å². The molecule has 1 aromatic carbocycles. The maximum absolute atomic E-state index is 14.0. The van der Waals surface area contributed by atoms with Gasteiger partial charge in [0.1, 0.15) is 11.6 Å². The van der Waals surface area contributed by atoms with Crippen LogP contribution in [0, 0.1) is 5.82 Å². The van der Waals surface area contributed by atoms with E-state index in [1.54, 1.807) is 29.4 Å². The van der Waals surface area contributed by atoms with Gasteiger partial charge in [-0.2, -0.15) is 0 Å². The van der Waals surface area contributed by atoms with Gasteiger partial charge >= 0.3 is 0 Å². The molecule has 1 unspecified atom stereocenters. The predicted octanol–water partition coefficient (Wildman–Crippen LogP) is 3.60. The minimum atomic E-state index is -0.561. The Morgan fingerprint density at radius 3 is 2.76 bits per heavy atom. The molecule has 0 aliphatic rings. The zero-order valence-electron chi connectivity index (χ0n) is 12.3. The monoisotopic (exact) mass is 307 g/mol. The molecule has 0 aliphatic heterocycles. The molecular weight excluding hydrogens is 289 g/mol. The largest absolute Gasteiger partial charge is 0.497 e. The molecule has 0 spiro atoms. The van der Waals surface area contributed by atoms with Gasteiger partial charge in [0.05, 0.1) is 12.7 Å². The van der Waals surface area contributed by atoms with E-state index in [9.17, 15) is 9.18 Å². The SMILES string of the molecule is COc1ccc(C(=O)N(C)C(C)Cc2cccs2)c(F)c1. The van der Waals surface area contributed by atoms with Crippen molar-refractivity contribution in [1.29, 1.82) is 0 Å². The number of benzene rings is 1. The first kappa shape index (κ1) is 15.5. The third-order valence-corrected chi connectivity index (χ3v) is 4.36. The lowest BCUT2D eigenvalue weighted by Crippen LogP contribution is -2.36.